The predicted octanol–water partition coefficient (Wildman–Crippen LogP) is 5.11. The second-order valence-electron chi connectivity index (χ2n) is 12.0. The van der Waals surface area contributed by atoms with Crippen molar-refractivity contribution < 1.29 is 20.1 Å². The normalized spacial score (nSPS) is 51.5. The summed E-state index contributed by atoms with van der Waals surface area (Å²) in [6.45, 7) is 9.44. The van der Waals surface area contributed by atoms with Gasteiger partial charge >= 0.3 is 5.97 Å². The third-order valence-electron chi connectivity index (χ3n) is 11.0. The summed E-state index contributed by atoms with van der Waals surface area (Å²) in [5.41, 5.74) is 0.480. The second kappa shape index (κ2) is 8.06. The molecule has 11 atom stereocenters. The number of carbonyl (C=O) groups is 1. The Hall–Kier alpha value is -0.610. The average molecular weight is 421 g/mol. The van der Waals surface area contributed by atoms with E-state index >= 15 is 0 Å². The quantitative estimate of drug-likeness (QED) is 0.577. The zero-order chi connectivity index (χ0) is 21.8. The van der Waals surface area contributed by atoms with Crippen LogP contribution in [-0.2, 0) is 4.79 Å². The number of carboxylic acids is 1. The van der Waals surface area contributed by atoms with Crippen molar-refractivity contribution in [3.05, 3.63) is 0 Å². The molecule has 4 heteroatoms. The van der Waals surface area contributed by atoms with Crippen molar-refractivity contribution in [2.45, 2.75) is 104 Å². The molecule has 172 valence electrons. The molecule has 30 heavy (non-hydrogen) atoms. The highest BCUT2D eigenvalue weighted by atomic mass is 16.4. The first-order chi connectivity index (χ1) is 14.1. The Labute approximate surface area is 182 Å². The number of fused-ring (bicyclic) bond motifs is 5. The fourth-order valence-electron chi connectivity index (χ4n) is 9.48. The molecule has 4 aliphatic rings. The third-order valence-corrected chi connectivity index (χ3v) is 11.0. The van der Waals surface area contributed by atoms with Gasteiger partial charge in [-0.15, -0.1) is 0 Å². The van der Waals surface area contributed by atoms with Crippen molar-refractivity contribution in [2.24, 2.45) is 52.3 Å². The summed E-state index contributed by atoms with van der Waals surface area (Å²) >= 11 is 0. The van der Waals surface area contributed by atoms with E-state index in [9.17, 15) is 15.0 Å². The lowest BCUT2D eigenvalue weighted by Gasteiger charge is -2.64. The number of hydrogen-bond acceptors (Lipinski definition) is 3. The van der Waals surface area contributed by atoms with Crippen LogP contribution in [0.4, 0.5) is 0 Å². The summed E-state index contributed by atoms with van der Waals surface area (Å²) in [7, 11) is 0. The second-order valence-corrected chi connectivity index (χ2v) is 12.0. The van der Waals surface area contributed by atoms with Gasteiger partial charge in [0.25, 0.3) is 0 Å². The van der Waals surface area contributed by atoms with E-state index in [1.54, 1.807) is 0 Å². The van der Waals surface area contributed by atoms with Crippen molar-refractivity contribution in [3.63, 3.8) is 0 Å². The van der Waals surface area contributed by atoms with Gasteiger partial charge in [0.15, 0.2) is 0 Å². The minimum absolute atomic E-state index is 0.194. The Morgan fingerprint density at radius 3 is 2.33 bits per heavy atom. The number of aliphatic hydroxyl groups excluding tert-OH is 2. The minimum Gasteiger partial charge on any atom is -0.481 e. The van der Waals surface area contributed by atoms with Crippen LogP contribution in [0.15, 0.2) is 0 Å². The molecule has 0 aromatic rings. The molecular weight excluding hydrogens is 376 g/mol. The minimum atomic E-state index is -0.683. The molecule has 4 rings (SSSR count). The molecule has 0 bridgehead atoms. The third kappa shape index (κ3) is 3.36. The van der Waals surface area contributed by atoms with Gasteiger partial charge in [-0.25, -0.2) is 0 Å². The molecule has 0 aliphatic heterocycles. The first-order valence-corrected chi connectivity index (χ1v) is 12.7. The van der Waals surface area contributed by atoms with E-state index in [-0.39, 0.29) is 29.5 Å². The van der Waals surface area contributed by atoms with Crippen LogP contribution in [-0.4, -0.2) is 33.5 Å². The Bertz CT molecular complexity index is 649. The largest absolute Gasteiger partial charge is 0.481 e. The van der Waals surface area contributed by atoms with Gasteiger partial charge in [-0.05, 0) is 104 Å². The molecule has 4 saturated carbocycles. The molecule has 0 aromatic heterocycles. The molecule has 0 amide bonds. The van der Waals surface area contributed by atoms with Crippen molar-refractivity contribution in [3.8, 4) is 0 Å². The van der Waals surface area contributed by atoms with E-state index in [1.807, 2.05) is 0 Å². The summed E-state index contributed by atoms with van der Waals surface area (Å²) in [6.07, 6.45) is 9.27. The van der Waals surface area contributed by atoms with Gasteiger partial charge in [-0.1, -0.05) is 34.1 Å². The van der Waals surface area contributed by atoms with Crippen molar-refractivity contribution in [2.75, 3.05) is 0 Å². The highest BCUT2D eigenvalue weighted by molar-refractivity contribution is 5.66. The SMILES string of the molecule is CC[C@H]1C(O)[C@H]2C3CC[C@H]([C@H](C)CCC(=O)O)[C@@]3(C)CCC2[C@@]2(C)CC[C@@H](O)C[C@@H]12. The number of aliphatic hydroxyl groups is 2. The Morgan fingerprint density at radius 2 is 1.67 bits per heavy atom. The molecular formula is C26H44O4. The summed E-state index contributed by atoms with van der Waals surface area (Å²) in [6, 6.07) is 0. The van der Waals surface area contributed by atoms with Crippen LogP contribution in [0.25, 0.3) is 0 Å². The molecule has 0 spiro atoms. The lowest BCUT2D eigenvalue weighted by atomic mass is 9.41. The lowest BCUT2D eigenvalue weighted by molar-refractivity contribution is -0.203. The predicted molar refractivity (Wildman–Crippen MR) is 118 cm³/mol. The van der Waals surface area contributed by atoms with Gasteiger partial charge in [0.1, 0.15) is 0 Å². The monoisotopic (exact) mass is 420 g/mol. The molecule has 3 N–H and O–H groups in total. The molecule has 0 saturated heterocycles. The molecule has 4 fully saturated rings. The summed E-state index contributed by atoms with van der Waals surface area (Å²) in [5, 5.41) is 31.3. The fourth-order valence-corrected chi connectivity index (χ4v) is 9.48. The lowest BCUT2D eigenvalue weighted by Crippen LogP contribution is -2.62. The van der Waals surface area contributed by atoms with Gasteiger partial charge in [0, 0.05) is 6.42 Å². The van der Waals surface area contributed by atoms with Crippen LogP contribution < -0.4 is 0 Å². The van der Waals surface area contributed by atoms with E-state index < -0.39 is 5.97 Å². The summed E-state index contributed by atoms with van der Waals surface area (Å²) in [5.74, 6) is 2.58. The van der Waals surface area contributed by atoms with E-state index in [2.05, 4.69) is 27.7 Å². The van der Waals surface area contributed by atoms with Crippen LogP contribution in [0.2, 0.25) is 0 Å². The first-order valence-electron chi connectivity index (χ1n) is 12.7. The molecule has 0 aromatic carbocycles. The van der Waals surface area contributed by atoms with Gasteiger partial charge in [-0.3, -0.25) is 4.79 Å². The van der Waals surface area contributed by atoms with Crippen LogP contribution in [0.5, 0.6) is 0 Å². The highest BCUT2D eigenvalue weighted by Gasteiger charge is 2.64. The standard InChI is InChI=1S/C26H44O4/c1-5-17-21-14-16(27)10-12-26(21,4)20-11-13-25(3)18(15(2)6-9-22(28)29)7-8-19(25)23(20)24(17)30/h15-21,23-24,27,30H,5-14H2,1-4H3,(H,28,29)/t15-,16-,17-,18-,19?,20?,21+,23+,24?,25-,26-/m1/s1. The van der Waals surface area contributed by atoms with E-state index in [0.29, 0.717) is 41.4 Å². The zero-order valence-electron chi connectivity index (χ0n) is 19.5. The molecule has 0 radical (unpaired) electrons. The van der Waals surface area contributed by atoms with Gasteiger partial charge in [0.05, 0.1) is 12.2 Å². The number of rotatable bonds is 5. The number of aliphatic carboxylic acids is 1. The average Bonchev–Trinajstić information content (AvgIpc) is 3.05. The van der Waals surface area contributed by atoms with Gasteiger partial charge in [-0.2, -0.15) is 0 Å². The maximum atomic E-state index is 11.7. The Morgan fingerprint density at radius 1 is 1.00 bits per heavy atom. The fraction of sp³-hybridized carbons (Fsp3) is 0.962. The first kappa shape index (κ1) is 22.6. The van der Waals surface area contributed by atoms with Crippen LogP contribution in [0.3, 0.4) is 0 Å². The molecule has 3 unspecified atom stereocenters. The van der Waals surface area contributed by atoms with Crippen molar-refractivity contribution in [1.29, 1.82) is 0 Å². The van der Waals surface area contributed by atoms with Crippen molar-refractivity contribution >= 4 is 5.97 Å². The Balaban J connectivity index is 1.61. The zero-order valence-corrected chi connectivity index (χ0v) is 19.5. The maximum absolute atomic E-state index is 11.7. The van der Waals surface area contributed by atoms with Crippen LogP contribution in [0, 0.1) is 52.3 Å². The number of carboxylic acid groups (broad SMARTS) is 1. The highest BCUT2D eigenvalue weighted by Crippen LogP contribution is 2.69. The number of hydrogen-bond donors (Lipinski definition) is 3. The van der Waals surface area contributed by atoms with E-state index in [4.69, 9.17) is 5.11 Å². The van der Waals surface area contributed by atoms with Gasteiger partial charge in [0.2, 0.25) is 0 Å². The summed E-state index contributed by atoms with van der Waals surface area (Å²) in [4.78, 5) is 11.1. The maximum Gasteiger partial charge on any atom is 0.303 e. The van der Waals surface area contributed by atoms with Crippen molar-refractivity contribution in [1.82, 2.24) is 0 Å². The van der Waals surface area contributed by atoms with Crippen LogP contribution in [0.1, 0.15) is 91.9 Å². The molecule has 4 nitrogen and oxygen atoms in total. The van der Waals surface area contributed by atoms with E-state index in [1.165, 1.54) is 25.7 Å². The molecule has 0 heterocycles. The Kier molecular flexibility index (Phi) is 6.07. The summed E-state index contributed by atoms with van der Waals surface area (Å²) < 4.78 is 0. The van der Waals surface area contributed by atoms with Crippen LogP contribution >= 0.6 is 0 Å². The molecule has 4 aliphatic carbocycles. The topological polar surface area (TPSA) is 77.8 Å². The van der Waals surface area contributed by atoms with E-state index in [0.717, 1.165) is 32.1 Å². The van der Waals surface area contributed by atoms with Gasteiger partial charge < -0.3 is 15.3 Å². The smallest absolute Gasteiger partial charge is 0.303 e.